The molecule has 0 amide bonds. The van der Waals surface area contributed by atoms with Crippen molar-refractivity contribution in [2.45, 2.75) is 20.2 Å². The monoisotopic (exact) mass is 448 g/mol. The number of carbonyl (C=O) groups excluding carboxylic acids is 1. The van der Waals surface area contributed by atoms with Gasteiger partial charge >= 0.3 is 12.3 Å². The van der Waals surface area contributed by atoms with Gasteiger partial charge in [-0.3, -0.25) is 4.79 Å². The number of hydrogen-bond acceptors (Lipinski definition) is 6. The molecule has 1 aromatic heterocycles. The lowest BCUT2D eigenvalue weighted by Gasteiger charge is -2.16. The molecule has 10 heteroatoms. The third kappa shape index (κ3) is 4.74. The topological polar surface area (TPSA) is 79.7 Å². The van der Waals surface area contributed by atoms with Crippen LogP contribution in [0.4, 0.5) is 13.2 Å². The van der Waals surface area contributed by atoms with Crippen molar-refractivity contribution in [1.29, 1.82) is 0 Å². The predicted octanol–water partition coefficient (Wildman–Crippen LogP) is 4.47. The predicted molar refractivity (Wildman–Crippen MR) is 111 cm³/mol. The first-order valence-electron chi connectivity index (χ1n) is 9.57. The number of hydrogen-bond donors (Lipinski definition) is 0. The molecule has 0 radical (unpaired) electrons. The molecule has 3 rings (SSSR count). The minimum absolute atomic E-state index is 0.0226. The first kappa shape index (κ1) is 22.9. The molecule has 0 saturated carbocycles. The molecule has 0 fully saturated rings. The fourth-order valence-electron chi connectivity index (χ4n) is 3.08. The van der Waals surface area contributed by atoms with Crippen LogP contribution < -0.4 is 10.2 Å². The number of ether oxygens (including phenoxy) is 3. The molecule has 7 nitrogen and oxygen atoms in total. The van der Waals surface area contributed by atoms with Crippen LogP contribution in [0, 0.1) is 0 Å². The molecule has 0 bridgehead atoms. The van der Waals surface area contributed by atoms with Crippen molar-refractivity contribution in [1.82, 2.24) is 9.78 Å². The Morgan fingerprint density at radius 1 is 1.06 bits per heavy atom. The summed E-state index contributed by atoms with van der Waals surface area (Å²) in [4.78, 5) is 25.6. The zero-order valence-electron chi connectivity index (χ0n) is 17.2. The number of fused-ring (bicyclic) bond motifs is 1. The summed E-state index contributed by atoms with van der Waals surface area (Å²) in [6, 6.07) is 9.67. The number of aromatic nitrogens is 2. The van der Waals surface area contributed by atoms with Crippen molar-refractivity contribution >= 4 is 22.6 Å². The Bertz CT molecular complexity index is 1220. The molecule has 2 aromatic carbocycles. The van der Waals surface area contributed by atoms with E-state index in [1.807, 2.05) is 0 Å². The second kappa shape index (κ2) is 9.13. The van der Waals surface area contributed by atoms with Crippen LogP contribution >= 0.6 is 0 Å². The fraction of sp³-hybridized carbons (Fsp3) is 0.227. The Morgan fingerprint density at radius 2 is 1.72 bits per heavy atom. The summed E-state index contributed by atoms with van der Waals surface area (Å²) in [5, 5.41) is 4.25. The maximum Gasteiger partial charge on any atom is 0.573 e. The number of rotatable bonds is 7. The smallest absolute Gasteiger partial charge is 0.494 e. The molecule has 0 aliphatic rings. The largest absolute Gasteiger partial charge is 0.573 e. The van der Waals surface area contributed by atoms with Gasteiger partial charge in [-0.1, -0.05) is 18.7 Å². The van der Waals surface area contributed by atoms with Crippen molar-refractivity contribution in [2.75, 3.05) is 13.2 Å². The van der Waals surface area contributed by atoms with Gasteiger partial charge in [0.2, 0.25) is 11.1 Å². The van der Waals surface area contributed by atoms with Crippen LogP contribution in [0.3, 0.4) is 0 Å². The summed E-state index contributed by atoms with van der Waals surface area (Å²) in [5.41, 5.74) is -0.219. The van der Waals surface area contributed by atoms with E-state index >= 15 is 0 Å². The molecule has 0 spiro atoms. The van der Waals surface area contributed by atoms with Crippen molar-refractivity contribution in [3.05, 3.63) is 70.5 Å². The van der Waals surface area contributed by atoms with Crippen LogP contribution in [0.25, 0.3) is 22.3 Å². The van der Waals surface area contributed by atoms with Crippen molar-refractivity contribution < 1.29 is 32.2 Å². The lowest BCUT2D eigenvalue weighted by Crippen LogP contribution is -2.25. The zero-order valence-corrected chi connectivity index (χ0v) is 17.2. The van der Waals surface area contributed by atoms with E-state index in [1.54, 1.807) is 32.0 Å². The van der Waals surface area contributed by atoms with Gasteiger partial charge in [0.15, 0.2) is 0 Å². The SMILES string of the molecule is C=C(OCC)c1cccc2c1c(=O)c(C(=O)OCC)nn2-c1ccc(OC(F)(F)F)cc1. The number of halogens is 3. The molecule has 0 N–H and O–H groups in total. The second-order valence-electron chi connectivity index (χ2n) is 6.41. The van der Waals surface area contributed by atoms with Gasteiger partial charge in [0.05, 0.1) is 29.8 Å². The molecular formula is C22H19F3N2O5. The number of alkyl halides is 3. The van der Waals surface area contributed by atoms with Crippen LogP contribution in [0.1, 0.15) is 29.9 Å². The molecule has 168 valence electrons. The van der Waals surface area contributed by atoms with E-state index in [9.17, 15) is 22.8 Å². The van der Waals surface area contributed by atoms with E-state index in [4.69, 9.17) is 9.47 Å². The third-order valence-electron chi connectivity index (χ3n) is 4.32. The van der Waals surface area contributed by atoms with Gasteiger partial charge in [-0.05, 0) is 44.2 Å². The van der Waals surface area contributed by atoms with Gasteiger partial charge in [-0.2, -0.15) is 5.10 Å². The Kier molecular flexibility index (Phi) is 6.52. The summed E-state index contributed by atoms with van der Waals surface area (Å²) >= 11 is 0. The van der Waals surface area contributed by atoms with Gasteiger partial charge in [0.1, 0.15) is 11.5 Å². The van der Waals surface area contributed by atoms with E-state index in [2.05, 4.69) is 16.4 Å². The highest BCUT2D eigenvalue weighted by atomic mass is 19.4. The maximum atomic E-state index is 13.2. The summed E-state index contributed by atoms with van der Waals surface area (Å²) in [5.74, 6) is -1.14. The minimum Gasteiger partial charge on any atom is -0.494 e. The molecule has 1 heterocycles. The first-order chi connectivity index (χ1) is 15.2. The van der Waals surface area contributed by atoms with E-state index in [1.165, 1.54) is 16.8 Å². The summed E-state index contributed by atoms with van der Waals surface area (Å²) < 4.78 is 53.0. The lowest BCUT2D eigenvalue weighted by molar-refractivity contribution is -0.274. The Labute approximate surface area is 180 Å². The van der Waals surface area contributed by atoms with E-state index < -0.39 is 29.2 Å². The summed E-state index contributed by atoms with van der Waals surface area (Å²) in [6.45, 7) is 7.50. The number of nitrogens with zero attached hydrogens (tertiary/aromatic N) is 2. The molecule has 0 saturated heterocycles. The highest BCUT2D eigenvalue weighted by molar-refractivity contribution is 5.96. The second-order valence-corrected chi connectivity index (χ2v) is 6.41. The van der Waals surface area contributed by atoms with Gasteiger partial charge in [-0.15, -0.1) is 13.2 Å². The van der Waals surface area contributed by atoms with Gasteiger partial charge < -0.3 is 14.2 Å². The van der Waals surface area contributed by atoms with E-state index in [0.717, 1.165) is 12.1 Å². The van der Waals surface area contributed by atoms with Crippen molar-refractivity contribution in [3.8, 4) is 11.4 Å². The minimum atomic E-state index is -4.84. The van der Waals surface area contributed by atoms with E-state index in [-0.39, 0.29) is 23.4 Å². The zero-order chi connectivity index (χ0) is 23.5. The molecule has 3 aromatic rings. The molecule has 32 heavy (non-hydrogen) atoms. The lowest BCUT2D eigenvalue weighted by atomic mass is 10.1. The van der Waals surface area contributed by atoms with Crippen molar-refractivity contribution in [3.63, 3.8) is 0 Å². The van der Waals surface area contributed by atoms with Crippen molar-refractivity contribution in [2.24, 2.45) is 0 Å². The molecule has 0 aliphatic heterocycles. The first-order valence-corrected chi connectivity index (χ1v) is 9.57. The number of esters is 1. The molecule has 0 aliphatic carbocycles. The van der Waals surface area contributed by atoms with Crippen LogP contribution in [0.5, 0.6) is 5.75 Å². The normalized spacial score (nSPS) is 11.3. The van der Waals surface area contributed by atoms with Gasteiger partial charge in [0.25, 0.3) is 0 Å². The fourth-order valence-corrected chi connectivity index (χ4v) is 3.08. The third-order valence-corrected chi connectivity index (χ3v) is 4.32. The summed E-state index contributed by atoms with van der Waals surface area (Å²) in [7, 11) is 0. The Balaban J connectivity index is 2.27. The number of carbonyl (C=O) groups is 1. The Morgan fingerprint density at radius 3 is 2.31 bits per heavy atom. The average molecular weight is 448 g/mol. The van der Waals surface area contributed by atoms with Gasteiger partial charge in [0, 0.05) is 5.56 Å². The maximum absolute atomic E-state index is 13.2. The van der Waals surface area contributed by atoms with Crippen LogP contribution in [-0.4, -0.2) is 35.3 Å². The molecule has 0 atom stereocenters. The van der Waals surface area contributed by atoms with Crippen LogP contribution in [0.2, 0.25) is 0 Å². The molecule has 0 unspecified atom stereocenters. The van der Waals surface area contributed by atoms with Crippen LogP contribution in [-0.2, 0) is 9.47 Å². The van der Waals surface area contributed by atoms with E-state index in [0.29, 0.717) is 17.7 Å². The average Bonchev–Trinajstić information content (AvgIpc) is 2.73. The Hall–Kier alpha value is -3.82. The highest BCUT2D eigenvalue weighted by Crippen LogP contribution is 2.27. The highest BCUT2D eigenvalue weighted by Gasteiger charge is 2.31. The van der Waals surface area contributed by atoms with Gasteiger partial charge in [-0.25, -0.2) is 9.48 Å². The van der Waals surface area contributed by atoms with Crippen LogP contribution in [0.15, 0.2) is 53.8 Å². The number of benzene rings is 2. The standard InChI is InChI=1S/C22H19F3N2O5/c1-4-30-13(3)16-7-6-8-17-18(16)20(28)19(21(29)31-5-2)26-27(17)14-9-11-15(12-10-14)32-22(23,24)25/h6-12H,3-5H2,1-2H3. The quantitative estimate of drug-likeness (QED) is 0.392. The summed E-state index contributed by atoms with van der Waals surface area (Å²) in [6.07, 6.45) is -4.84. The molecular weight excluding hydrogens is 429 g/mol.